The maximum Gasteiger partial charge on any atom is 0.347 e. The van der Waals surface area contributed by atoms with Gasteiger partial charge in [-0.15, -0.1) is 11.3 Å². The minimum absolute atomic E-state index is 0.237. The molecular weight excluding hydrogens is 350 g/mol. The number of ether oxygens (including phenoxy) is 2. The van der Waals surface area contributed by atoms with E-state index in [1.165, 1.54) is 0 Å². The molecule has 0 unspecified atom stereocenters. The Labute approximate surface area is 155 Å². The van der Waals surface area contributed by atoms with Crippen LogP contribution < -0.4 is 9.47 Å². The molecule has 3 aromatic rings. The Balaban J connectivity index is 1.97. The van der Waals surface area contributed by atoms with Crippen LogP contribution in [0.2, 0.25) is 0 Å². The Hall–Kier alpha value is -2.86. The maximum atomic E-state index is 11.3. The van der Waals surface area contributed by atoms with E-state index in [-0.39, 0.29) is 4.88 Å². The fraction of sp³-hybridized carbons (Fsp3) is 0.200. The van der Waals surface area contributed by atoms with Crippen molar-refractivity contribution in [3.05, 3.63) is 64.2 Å². The van der Waals surface area contributed by atoms with Crippen molar-refractivity contribution in [1.29, 1.82) is 0 Å². The second-order valence-electron chi connectivity index (χ2n) is 5.82. The van der Waals surface area contributed by atoms with E-state index < -0.39 is 5.97 Å². The molecule has 0 aliphatic heterocycles. The zero-order valence-corrected chi connectivity index (χ0v) is 15.6. The molecule has 1 aromatic heterocycles. The molecule has 0 radical (unpaired) electrons. The first-order chi connectivity index (χ1) is 12.5. The SMILES string of the molecule is COc1ccc(-c2nc(C)c(C(=O)O)s2)c(OCc2ccccc2C)c1. The van der Waals surface area contributed by atoms with E-state index in [0.29, 0.717) is 28.8 Å². The zero-order valence-electron chi connectivity index (χ0n) is 14.8. The van der Waals surface area contributed by atoms with Crippen molar-refractivity contribution in [1.82, 2.24) is 4.98 Å². The Morgan fingerprint density at radius 1 is 1.19 bits per heavy atom. The number of benzene rings is 2. The van der Waals surface area contributed by atoms with Crippen LogP contribution in [0.15, 0.2) is 42.5 Å². The minimum Gasteiger partial charge on any atom is -0.497 e. The number of carbonyl (C=O) groups is 1. The van der Waals surface area contributed by atoms with Gasteiger partial charge < -0.3 is 14.6 Å². The first kappa shape index (κ1) is 17.9. The molecule has 5 nitrogen and oxygen atoms in total. The van der Waals surface area contributed by atoms with E-state index in [0.717, 1.165) is 28.0 Å². The van der Waals surface area contributed by atoms with Gasteiger partial charge in [-0.2, -0.15) is 0 Å². The number of hydrogen-bond acceptors (Lipinski definition) is 5. The van der Waals surface area contributed by atoms with E-state index in [4.69, 9.17) is 9.47 Å². The number of nitrogens with zero attached hydrogens (tertiary/aromatic N) is 1. The summed E-state index contributed by atoms with van der Waals surface area (Å²) in [4.78, 5) is 16.0. The van der Waals surface area contributed by atoms with E-state index in [2.05, 4.69) is 4.98 Å². The average molecular weight is 369 g/mol. The van der Waals surface area contributed by atoms with Crippen molar-refractivity contribution in [3.63, 3.8) is 0 Å². The van der Waals surface area contributed by atoms with Crippen molar-refractivity contribution in [2.24, 2.45) is 0 Å². The highest BCUT2D eigenvalue weighted by Gasteiger charge is 2.18. The third-order valence-corrected chi connectivity index (χ3v) is 5.23. The number of rotatable bonds is 6. The van der Waals surface area contributed by atoms with Crippen molar-refractivity contribution in [2.45, 2.75) is 20.5 Å². The lowest BCUT2D eigenvalue weighted by Gasteiger charge is -2.13. The third-order valence-electron chi connectivity index (χ3n) is 4.05. The molecule has 3 rings (SSSR count). The summed E-state index contributed by atoms with van der Waals surface area (Å²) >= 11 is 1.14. The van der Waals surface area contributed by atoms with Crippen LogP contribution in [0.1, 0.15) is 26.5 Å². The van der Waals surface area contributed by atoms with Gasteiger partial charge in [-0.3, -0.25) is 0 Å². The number of aromatic nitrogens is 1. The fourth-order valence-electron chi connectivity index (χ4n) is 2.56. The highest BCUT2D eigenvalue weighted by Crippen LogP contribution is 2.37. The summed E-state index contributed by atoms with van der Waals surface area (Å²) in [6.07, 6.45) is 0. The summed E-state index contributed by atoms with van der Waals surface area (Å²) in [6, 6.07) is 13.5. The van der Waals surface area contributed by atoms with Crippen molar-refractivity contribution >= 4 is 17.3 Å². The molecule has 0 amide bonds. The van der Waals surface area contributed by atoms with Crippen LogP contribution >= 0.6 is 11.3 Å². The maximum absolute atomic E-state index is 11.3. The number of hydrogen-bond donors (Lipinski definition) is 1. The van der Waals surface area contributed by atoms with Gasteiger partial charge in [0.05, 0.1) is 18.4 Å². The van der Waals surface area contributed by atoms with Crippen LogP contribution in [0.5, 0.6) is 11.5 Å². The largest absolute Gasteiger partial charge is 0.497 e. The predicted octanol–water partition coefficient (Wildman–Crippen LogP) is 4.71. The quantitative estimate of drug-likeness (QED) is 0.681. The third kappa shape index (κ3) is 3.70. The summed E-state index contributed by atoms with van der Waals surface area (Å²) in [6.45, 7) is 4.14. The lowest BCUT2D eigenvalue weighted by Crippen LogP contribution is -1.99. The first-order valence-electron chi connectivity index (χ1n) is 8.06. The number of methoxy groups -OCH3 is 1. The number of carboxylic acid groups (broad SMARTS) is 1. The van der Waals surface area contributed by atoms with Crippen LogP contribution in [-0.4, -0.2) is 23.2 Å². The topological polar surface area (TPSA) is 68.7 Å². The molecular formula is C20H19NO4S. The summed E-state index contributed by atoms with van der Waals surface area (Å²) in [7, 11) is 1.59. The van der Waals surface area contributed by atoms with Crippen molar-refractivity contribution in [2.75, 3.05) is 7.11 Å². The van der Waals surface area contributed by atoms with Gasteiger partial charge in [-0.1, -0.05) is 24.3 Å². The first-order valence-corrected chi connectivity index (χ1v) is 8.87. The van der Waals surface area contributed by atoms with E-state index in [1.54, 1.807) is 20.1 Å². The van der Waals surface area contributed by atoms with Crippen LogP contribution in [0.4, 0.5) is 0 Å². The Bertz CT molecular complexity index is 949. The number of carboxylic acids is 1. The molecule has 1 N–H and O–H groups in total. The second-order valence-corrected chi connectivity index (χ2v) is 6.82. The molecule has 0 atom stereocenters. The van der Waals surface area contributed by atoms with Gasteiger partial charge >= 0.3 is 5.97 Å². The summed E-state index contributed by atoms with van der Waals surface area (Å²) in [5.41, 5.74) is 3.48. The summed E-state index contributed by atoms with van der Waals surface area (Å²) < 4.78 is 11.3. The lowest BCUT2D eigenvalue weighted by molar-refractivity contribution is 0.0701. The molecule has 0 fully saturated rings. The molecule has 1 heterocycles. The van der Waals surface area contributed by atoms with Crippen LogP contribution in [0, 0.1) is 13.8 Å². The Morgan fingerprint density at radius 3 is 2.62 bits per heavy atom. The average Bonchev–Trinajstić information content (AvgIpc) is 3.02. The molecule has 0 bridgehead atoms. The van der Waals surface area contributed by atoms with Gasteiger partial charge in [0.1, 0.15) is 28.0 Å². The van der Waals surface area contributed by atoms with Crippen LogP contribution in [-0.2, 0) is 6.61 Å². The zero-order chi connectivity index (χ0) is 18.7. The van der Waals surface area contributed by atoms with Crippen LogP contribution in [0.3, 0.4) is 0 Å². The molecule has 134 valence electrons. The van der Waals surface area contributed by atoms with Gasteiger partial charge in [0.2, 0.25) is 0 Å². The fourth-order valence-corrected chi connectivity index (χ4v) is 3.50. The highest BCUT2D eigenvalue weighted by atomic mass is 32.1. The normalized spacial score (nSPS) is 10.6. The summed E-state index contributed by atoms with van der Waals surface area (Å²) in [5.74, 6) is 0.306. The molecule has 0 saturated heterocycles. The molecule has 0 aliphatic carbocycles. The van der Waals surface area contributed by atoms with E-state index in [9.17, 15) is 9.90 Å². The van der Waals surface area contributed by atoms with Gasteiger partial charge in [0.25, 0.3) is 0 Å². The minimum atomic E-state index is -0.970. The van der Waals surface area contributed by atoms with Gasteiger partial charge in [0, 0.05) is 6.07 Å². The number of thiazole rings is 1. The van der Waals surface area contributed by atoms with E-state index >= 15 is 0 Å². The molecule has 6 heteroatoms. The van der Waals surface area contributed by atoms with Gasteiger partial charge in [0.15, 0.2) is 0 Å². The summed E-state index contributed by atoms with van der Waals surface area (Å²) in [5, 5.41) is 9.89. The van der Waals surface area contributed by atoms with E-state index in [1.807, 2.05) is 43.3 Å². The van der Waals surface area contributed by atoms with Gasteiger partial charge in [-0.05, 0) is 37.1 Å². The molecule has 0 aliphatic rings. The predicted molar refractivity (Wildman–Crippen MR) is 101 cm³/mol. The highest BCUT2D eigenvalue weighted by molar-refractivity contribution is 7.17. The smallest absolute Gasteiger partial charge is 0.347 e. The number of aryl methyl sites for hydroxylation is 2. The Morgan fingerprint density at radius 2 is 1.96 bits per heavy atom. The van der Waals surface area contributed by atoms with Gasteiger partial charge in [-0.25, -0.2) is 9.78 Å². The monoisotopic (exact) mass is 369 g/mol. The second kappa shape index (κ2) is 7.58. The molecule has 0 spiro atoms. The Kier molecular flexibility index (Phi) is 5.23. The standard InChI is InChI=1S/C20H19NO4S/c1-12-6-4-5-7-14(12)11-25-17-10-15(24-3)8-9-16(17)19-21-13(2)18(26-19)20(22)23/h4-10H,11H2,1-3H3,(H,22,23). The molecule has 2 aromatic carbocycles. The molecule has 0 saturated carbocycles. The number of aromatic carboxylic acids is 1. The van der Waals surface area contributed by atoms with Crippen molar-refractivity contribution in [3.8, 4) is 22.1 Å². The lowest BCUT2D eigenvalue weighted by atomic mass is 10.1. The van der Waals surface area contributed by atoms with Crippen molar-refractivity contribution < 1.29 is 19.4 Å². The molecule has 26 heavy (non-hydrogen) atoms. The van der Waals surface area contributed by atoms with Crippen LogP contribution in [0.25, 0.3) is 10.6 Å².